The number of rotatable bonds is 7. The standard InChI is InChI=1S/C14H22O4S/c1-3-13(15)14(16)9-8-11-6-5-7-12(10-11)19(17,18)4-2/h5-7,10,13-16H,3-4,8-9H2,1-2H3. The Kier molecular flexibility index (Phi) is 5.97. The topological polar surface area (TPSA) is 74.6 Å². The molecule has 2 unspecified atom stereocenters. The normalized spacial score (nSPS) is 15.2. The van der Waals surface area contributed by atoms with Crippen LogP contribution < -0.4 is 0 Å². The van der Waals surface area contributed by atoms with Gasteiger partial charge in [0.05, 0.1) is 22.9 Å². The molecule has 2 N–H and O–H groups in total. The Morgan fingerprint density at radius 2 is 1.84 bits per heavy atom. The SMILES string of the molecule is CCC(O)C(O)CCc1cccc(S(=O)(=O)CC)c1. The van der Waals surface area contributed by atoms with Gasteiger partial charge >= 0.3 is 0 Å². The second kappa shape index (κ2) is 7.03. The molecule has 0 aliphatic rings. The molecular formula is C14H22O4S. The van der Waals surface area contributed by atoms with Gasteiger partial charge in [-0.1, -0.05) is 26.0 Å². The lowest BCUT2D eigenvalue weighted by molar-refractivity contribution is 0.0130. The van der Waals surface area contributed by atoms with Gasteiger partial charge in [0.1, 0.15) is 0 Å². The smallest absolute Gasteiger partial charge is 0.178 e. The van der Waals surface area contributed by atoms with E-state index in [0.717, 1.165) is 5.56 Å². The highest BCUT2D eigenvalue weighted by Gasteiger charge is 2.15. The summed E-state index contributed by atoms with van der Waals surface area (Å²) in [4.78, 5) is 0.318. The highest BCUT2D eigenvalue weighted by atomic mass is 32.2. The van der Waals surface area contributed by atoms with E-state index in [2.05, 4.69) is 0 Å². The minimum absolute atomic E-state index is 0.0770. The molecule has 0 saturated carbocycles. The molecule has 2 atom stereocenters. The van der Waals surface area contributed by atoms with Crippen LogP contribution in [0.3, 0.4) is 0 Å². The first-order valence-corrected chi connectivity index (χ1v) is 8.23. The Bertz CT molecular complexity index is 496. The first kappa shape index (κ1) is 16.1. The van der Waals surface area contributed by atoms with Crippen molar-refractivity contribution >= 4 is 9.84 Å². The van der Waals surface area contributed by atoms with Gasteiger partial charge in [-0.05, 0) is 37.0 Å². The third-order valence-corrected chi connectivity index (χ3v) is 4.96. The lowest BCUT2D eigenvalue weighted by atomic mass is 10.0. The van der Waals surface area contributed by atoms with Crippen LogP contribution in [0.15, 0.2) is 29.2 Å². The molecule has 1 aromatic carbocycles. The maximum atomic E-state index is 11.8. The van der Waals surface area contributed by atoms with E-state index in [1.165, 1.54) is 0 Å². The average Bonchev–Trinajstić information content (AvgIpc) is 2.44. The lowest BCUT2D eigenvalue weighted by Crippen LogP contribution is -2.25. The van der Waals surface area contributed by atoms with Crippen molar-refractivity contribution in [2.24, 2.45) is 0 Å². The minimum Gasteiger partial charge on any atom is -0.390 e. The van der Waals surface area contributed by atoms with Gasteiger partial charge in [-0.25, -0.2) is 8.42 Å². The number of aliphatic hydroxyl groups is 2. The van der Waals surface area contributed by atoms with Crippen LogP contribution in [-0.2, 0) is 16.3 Å². The van der Waals surface area contributed by atoms with Crippen molar-refractivity contribution in [3.05, 3.63) is 29.8 Å². The molecule has 0 amide bonds. The van der Waals surface area contributed by atoms with Crippen molar-refractivity contribution in [2.75, 3.05) is 5.75 Å². The first-order valence-electron chi connectivity index (χ1n) is 6.58. The molecular weight excluding hydrogens is 264 g/mol. The van der Waals surface area contributed by atoms with E-state index >= 15 is 0 Å². The van der Waals surface area contributed by atoms with E-state index in [-0.39, 0.29) is 5.75 Å². The summed E-state index contributed by atoms with van der Waals surface area (Å²) in [5.74, 6) is 0.0770. The molecule has 5 heteroatoms. The van der Waals surface area contributed by atoms with Gasteiger partial charge in [0.25, 0.3) is 0 Å². The van der Waals surface area contributed by atoms with Crippen LogP contribution in [0.2, 0.25) is 0 Å². The van der Waals surface area contributed by atoms with Crippen LogP contribution in [0.25, 0.3) is 0 Å². The van der Waals surface area contributed by atoms with Crippen LogP contribution in [-0.4, -0.2) is 36.6 Å². The first-order chi connectivity index (χ1) is 8.90. The van der Waals surface area contributed by atoms with Crippen molar-refractivity contribution in [1.29, 1.82) is 0 Å². The van der Waals surface area contributed by atoms with Crippen LogP contribution in [0, 0.1) is 0 Å². The van der Waals surface area contributed by atoms with Gasteiger partial charge in [-0.2, -0.15) is 0 Å². The summed E-state index contributed by atoms with van der Waals surface area (Å²) in [6.45, 7) is 3.42. The Balaban J connectivity index is 2.74. The zero-order valence-corrected chi connectivity index (χ0v) is 12.2. The monoisotopic (exact) mass is 286 g/mol. The van der Waals surface area contributed by atoms with E-state index in [4.69, 9.17) is 0 Å². The van der Waals surface area contributed by atoms with E-state index < -0.39 is 22.0 Å². The summed E-state index contributed by atoms with van der Waals surface area (Å²) in [7, 11) is -3.19. The summed E-state index contributed by atoms with van der Waals surface area (Å²) in [6.07, 6.45) is -0.0135. The molecule has 0 aromatic heterocycles. The van der Waals surface area contributed by atoms with Crippen molar-refractivity contribution < 1.29 is 18.6 Å². The number of hydrogen-bond acceptors (Lipinski definition) is 4. The van der Waals surface area contributed by atoms with E-state index in [1.807, 2.05) is 13.0 Å². The third kappa shape index (κ3) is 4.60. The number of aryl methyl sites for hydroxylation is 1. The van der Waals surface area contributed by atoms with Crippen molar-refractivity contribution in [2.45, 2.75) is 50.2 Å². The summed E-state index contributed by atoms with van der Waals surface area (Å²) in [5.41, 5.74) is 0.858. The fourth-order valence-electron chi connectivity index (χ4n) is 1.84. The number of hydrogen-bond donors (Lipinski definition) is 2. The molecule has 1 rings (SSSR count). The number of aliphatic hydroxyl groups excluding tert-OH is 2. The molecule has 0 heterocycles. The minimum atomic E-state index is -3.19. The largest absolute Gasteiger partial charge is 0.390 e. The quantitative estimate of drug-likeness (QED) is 0.797. The van der Waals surface area contributed by atoms with Crippen molar-refractivity contribution in [1.82, 2.24) is 0 Å². The second-order valence-corrected chi connectivity index (χ2v) is 6.91. The Morgan fingerprint density at radius 3 is 2.42 bits per heavy atom. The zero-order valence-electron chi connectivity index (χ0n) is 11.4. The summed E-state index contributed by atoms with van der Waals surface area (Å²) in [6, 6.07) is 6.77. The third-order valence-electron chi connectivity index (χ3n) is 3.23. The molecule has 0 fully saturated rings. The van der Waals surface area contributed by atoms with E-state index in [0.29, 0.717) is 24.2 Å². The molecule has 4 nitrogen and oxygen atoms in total. The predicted molar refractivity (Wildman–Crippen MR) is 74.8 cm³/mol. The fourth-order valence-corrected chi connectivity index (χ4v) is 2.79. The van der Waals surface area contributed by atoms with Crippen molar-refractivity contribution in [3.8, 4) is 0 Å². The highest BCUT2D eigenvalue weighted by Crippen LogP contribution is 2.16. The van der Waals surface area contributed by atoms with Gasteiger partial charge in [0.2, 0.25) is 0 Å². The zero-order chi connectivity index (χ0) is 14.5. The van der Waals surface area contributed by atoms with Gasteiger partial charge in [-0.15, -0.1) is 0 Å². The second-order valence-electron chi connectivity index (χ2n) is 4.63. The van der Waals surface area contributed by atoms with Crippen molar-refractivity contribution in [3.63, 3.8) is 0 Å². The molecule has 0 saturated heterocycles. The average molecular weight is 286 g/mol. The summed E-state index contributed by atoms with van der Waals surface area (Å²) < 4.78 is 23.5. The van der Waals surface area contributed by atoms with Gasteiger partial charge in [-0.3, -0.25) is 0 Å². The molecule has 0 aliphatic carbocycles. The summed E-state index contributed by atoms with van der Waals surface area (Å²) in [5, 5.41) is 19.2. The maximum absolute atomic E-state index is 11.8. The summed E-state index contributed by atoms with van der Waals surface area (Å²) >= 11 is 0. The lowest BCUT2D eigenvalue weighted by Gasteiger charge is -2.16. The van der Waals surface area contributed by atoms with Gasteiger partial charge in [0, 0.05) is 0 Å². The molecule has 0 bridgehead atoms. The number of sulfone groups is 1. The molecule has 0 spiro atoms. The Hall–Kier alpha value is -0.910. The van der Waals surface area contributed by atoms with Crippen LogP contribution >= 0.6 is 0 Å². The molecule has 108 valence electrons. The Morgan fingerprint density at radius 1 is 1.16 bits per heavy atom. The maximum Gasteiger partial charge on any atom is 0.178 e. The van der Waals surface area contributed by atoms with E-state index in [1.54, 1.807) is 25.1 Å². The van der Waals surface area contributed by atoms with Crippen LogP contribution in [0.5, 0.6) is 0 Å². The van der Waals surface area contributed by atoms with Crippen LogP contribution in [0.4, 0.5) is 0 Å². The van der Waals surface area contributed by atoms with E-state index in [9.17, 15) is 18.6 Å². The molecule has 0 radical (unpaired) electrons. The van der Waals surface area contributed by atoms with Gasteiger partial charge in [0.15, 0.2) is 9.84 Å². The van der Waals surface area contributed by atoms with Gasteiger partial charge < -0.3 is 10.2 Å². The number of benzene rings is 1. The molecule has 0 aliphatic heterocycles. The predicted octanol–water partition coefficient (Wildman–Crippen LogP) is 1.54. The molecule has 1 aromatic rings. The molecule has 19 heavy (non-hydrogen) atoms. The Labute approximate surface area is 115 Å². The highest BCUT2D eigenvalue weighted by molar-refractivity contribution is 7.91. The fraction of sp³-hybridized carbons (Fsp3) is 0.571. The van der Waals surface area contributed by atoms with Crippen LogP contribution in [0.1, 0.15) is 32.3 Å².